The largest absolute Gasteiger partial charge is 0.390 e. The summed E-state index contributed by atoms with van der Waals surface area (Å²) in [5.41, 5.74) is 0.385. The van der Waals surface area contributed by atoms with Crippen molar-refractivity contribution in [3.8, 4) is 5.69 Å². The molecule has 76 valence electrons. The summed E-state index contributed by atoms with van der Waals surface area (Å²) in [6, 6.07) is 3.87. The normalized spacial score (nSPS) is 10.2. The Bertz CT molecular complexity index is 511. The molecule has 0 unspecified atom stereocenters. The molecule has 0 aliphatic carbocycles. The van der Waals surface area contributed by atoms with Crippen LogP contribution >= 0.6 is 0 Å². The first kappa shape index (κ1) is 9.25. The summed E-state index contributed by atoms with van der Waals surface area (Å²) in [4.78, 5) is 13.1. The maximum atomic E-state index is 12.7. The Kier molecular flexibility index (Phi) is 2.13. The van der Waals surface area contributed by atoms with Crippen LogP contribution in [0.4, 0.5) is 10.2 Å². The highest BCUT2D eigenvalue weighted by Crippen LogP contribution is 2.11. The van der Waals surface area contributed by atoms with Crippen LogP contribution in [0.25, 0.3) is 5.69 Å². The zero-order valence-corrected chi connectivity index (χ0v) is 7.37. The minimum absolute atomic E-state index is 0.285. The molecule has 0 N–H and O–H groups in total. The van der Waals surface area contributed by atoms with E-state index < -0.39 is 10.9 Å². The molecule has 6 nitrogen and oxygen atoms in total. The Morgan fingerprint density at radius 1 is 1.47 bits per heavy atom. The summed E-state index contributed by atoms with van der Waals surface area (Å²) in [5.74, 6) is -0.946. The van der Waals surface area contributed by atoms with Gasteiger partial charge in [-0.15, -0.1) is 4.68 Å². The van der Waals surface area contributed by atoms with Crippen molar-refractivity contribution in [1.29, 1.82) is 0 Å². The molecule has 0 aromatic carbocycles. The third-order valence-electron chi connectivity index (χ3n) is 1.74. The van der Waals surface area contributed by atoms with Gasteiger partial charge < -0.3 is 10.1 Å². The Morgan fingerprint density at radius 3 is 2.87 bits per heavy atom. The third-order valence-corrected chi connectivity index (χ3v) is 1.74. The Labute approximate surface area is 83.1 Å². The van der Waals surface area contributed by atoms with Crippen LogP contribution in [0.3, 0.4) is 0 Å². The average Bonchev–Trinajstić information content (AvgIpc) is 2.66. The molecule has 0 aliphatic heterocycles. The van der Waals surface area contributed by atoms with Crippen molar-refractivity contribution >= 4 is 5.82 Å². The molecule has 2 aromatic heterocycles. The molecule has 0 bridgehead atoms. The molecule has 0 saturated carbocycles. The highest BCUT2D eigenvalue weighted by Gasteiger charge is 2.12. The fourth-order valence-electron chi connectivity index (χ4n) is 1.09. The van der Waals surface area contributed by atoms with E-state index in [1.807, 2.05) is 0 Å². The van der Waals surface area contributed by atoms with Crippen LogP contribution in [0.15, 0.2) is 30.6 Å². The molecule has 0 saturated heterocycles. The molecule has 0 aliphatic rings. The van der Waals surface area contributed by atoms with Crippen molar-refractivity contribution in [3.05, 3.63) is 46.7 Å². The van der Waals surface area contributed by atoms with Crippen LogP contribution in [0, 0.1) is 16.1 Å². The van der Waals surface area contributed by atoms with Crippen molar-refractivity contribution < 1.29 is 9.31 Å². The summed E-state index contributed by atoms with van der Waals surface area (Å²) in [5, 5.41) is 14.0. The van der Waals surface area contributed by atoms with Crippen molar-refractivity contribution in [2.45, 2.75) is 0 Å². The van der Waals surface area contributed by atoms with Crippen molar-refractivity contribution in [2.75, 3.05) is 0 Å². The first-order valence-corrected chi connectivity index (χ1v) is 3.99. The molecule has 0 atom stereocenters. The van der Waals surface area contributed by atoms with Crippen LogP contribution in [-0.4, -0.2) is 19.7 Å². The minimum Gasteiger partial charge on any atom is -0.358 e. The lowest BCUT2D eigenvalue weighted by atomic mass is 10.4. The van der Waals surface area contributed by atoms with Crippen molar-refractivity contribution in [2.24, 2.45) is 0 Å². The van der Waals surface area contributed by atoms with E-state index in [4.69, 9.17) is 0 Å². The smallest absolute Gasteiger partial charge is 0.358 e. The first-order valence-electron chi connectivity index (χ1n) is 3.99. The summed E-state index contributed by atoms with van der Waals surface area (Å²) < 4.78 is 13.9. The van der Waals surface area contributed by atoms with Gasteiger partial charge >= 0.3 is 5.82 Å². The number of nitro groups is 1. The minimum atomic E-state index is -0.661. The van der Waals surface area contributed by atoms with E-state index in [-0.39, 0.29) is 5.82 Å². The van der Waals surface area contributed by atoms with Crippen LogP contribution < -0.4 is 0 Å². The van der Waals surface area contributed by atoms with E-state index in [1.165, 1.54) is 29.2 Å². The maximum Gasteiger partial charge on any atom is 0.390 e. The van der Waals surface area contributed by atoms with E-state index in [0.717, 1.165) is 6.07 Å². The second-order valence-electron chi connectivity index (χ2n) is 2.71. The molecule has 0 radical (unpaired) electrons. The Balaban J connectivity index is 2.41. The number of hydrogen-bond donors (Lipinski definition) is 0. The second kappa shape index (κ2) is 3.45. The summed E-state index contributed by atoms with van der Waals surface area (Å²) in [6.45, 7) is 0. The maximum absolute atomic E-state index is 12.7. The van der Waals surface area contributed by atoms with E-state index in [9.17, 15) is 14.5 Å². The zero-order valence-electron chi connectivity index (χ0n) is 7.37. The molecule has 2 aromatic rings. The SMILES string of the molecule is O=[N+]([O-])c1ccn(-c2ccnc(F)c2)n1. The van der Waals surface area contributed by atoms with Crippen LogP contribution in [0.2, 0.25) is 0 Å². The molecule has 0 fully saturated rings. The molecular formula is C8H5FN4O2. The van der Waals surface area contributed by atoms with Gasteiger partial charge in [0.05, 0.1) is 23.0 Å². The summed E-state index contributed by atoms with van der Waals surface area (Å²) >= 11 is 0. The predicted molar refractivity (Wildman–Crippen MR) is 48.0 cm³/mol. The van der Waals surface area contributed by atoms with Gasteiger partial charge in [-0.1, -0.05) is 0 Å². The summed E-state index contributed by atoms with van der Waals surface area (Å²) in [6.07, 6.45) is 2.64. The quantitative estimate of drug-likeness (QED) is 0.423. The molecule has 7 heteroatoms. The molecular weight excluding hydrogens is 203 g/mol. The van der Waals surface area contributed by atoms with E-state index >= 15 is 0 Å². The van der Waals surface area contributed by atoms with Crippen LogP contribution in [0.5, 0.6) is 0 Å². The van der Waals surface area contributed by atoms with E-state index in [0.29, 0.717) is 5.69 Å². The van der Waals surface area contributed by atoms with Gasteiger partial charge in [-0.2, -0.15) is 4.39 Å². The number of pyridine rings is 1. The lowest BCUT2D eigenvalue weighted by Crippen LogP contribution is -1.97. The fraction of sp³-hybridized carbons (Fsp3) is 0. The van der Waals surface area contributed by atoms with Gasteiger partial charge in [0.1, 0.15) is 0 Å². The molecule has 0 amide bonds. The average molecular weight is 208 g/mol. The molecule has 2 heterocycles. The van der Waals surface area contributed by atoms with Crippen molar-refractivity contribution in [3.63, 3.8) is 0 Å². The Hall–Kier alpha value is -2.31. The topological polar surface area (TPSA) is 73.8 Å². The van der Waals surface area contributed by atoms with Gasteiger partial charge in [0.15, 0.2) is 0 Å². The first-order chi connectivity index (χ1) is 7.16. The van der Waals surface area contributed by atoms with E-state index in [1.54, 1.807) is 0 Å². The fourth-order valence-corrected chi connectivity index (χ4v) is 1.09. The predicted octanol–water partition coefficient (Wildman–Crippen LogP) is 1.31. The van der Waals surface area contributed by atoms with Gasteiger partial charge in [-0.25, -0.2) is 4.98 Å². The van der Waals surface area contributed by atoms with Crippen LogP contribution in [0.1, 0.15) is 0 Å². The van der Waals surface area contributed by atoms with Gasteiger partial charge in [-0.3, -0.25) is 0 Å². The zero-order chi connectivity index (χ0) is 10.8. The lowest BCUT2D eigenvalue weighted by Gasteiger charge is -1.94. The summed E-state index contributed by atoms with van der Waals surface area (Å²) in [7, 11) is 0. The highest BCUT2D eigenvalue weighted by atomic mass is 19.1. The monoisotopic (exact) mass is 208 g/mol. The van der Waals surface area contributed by atoms with Gasteiger partial charge in [0, 0.05) is 12.3 Å². The third kappa shape index (κ3) is 1.80. The number of rotatable bonds is 2. The van der Waals surface area contributed by atoms with Gasteiger partial charge in [-0.05, 0) is 11.0 Å². The molecule has 15 heavy (non-hydrogen) atoms. The van der Waals surface area contributed by atoms with E-state index in [2.05, 4.69) is 10.1 Å². The van der Waals surface area contributed by atoms with Crippen LogP contribution in [-0.2, 0) is 0 Å². The Morgan fingerprint density at radius 2 is 2.27 bits per heavy atom. The number of nitrogens with zero attached hydrogens (tertiary/aromatic N) is 4. The van der Waals surface area contributed by atoms with Gasteiger partial charge in [0.25, 0.3) is 0 Å². The molecule has 0 spiro atoms. The van der Waals surface area contributed by atoms with Crippen molar-refractivity contribution in [1.82, 2.24) is 14.8 Å². The highest BCUT2D eigenvalue weighted by molar-refractivity contribution is 5.30. The number of aromatic nitrogens is 3. The van der Waals surface area contributed by atoms with Gasteiger partial charge in [0.2, 0.25) is 5.95 Å². The lowest BCUT2D eigenvalue weighted by molar-refractivity contribution is -0.389. The number of halogens is 1. The standard InChI is InChI=1S/C8H5FN4O2/c9-7-5-6(1-3-10-7)12-4-2-8(11-12)13(14)15/h1-5H. The molecule has 2 rings (SSSR count). The number of hydrogen-bond acceptors (Lipinski definition) is 4. The second-order valence-corrected chi connectivity index (χ2v) is 2.71.